The average Bonchev–Trinajstić information content (AvgIpc) is 3.11. The molecule has 29 heavy (non-hydrogen) atoms. The van der Waals surface area contributed by atoms with Gasteiger partial charge < -0.3 is 20.1 Å². The van der Waals surface area contributed by atoms with Crippen molar-refractivity contribution in [1.82, 2.24) is 15.5 Å². The van der Waals surface area contributed by atoms with Crippen LogP contribution in [0.5, 0.6) is 11.5 Å². The fraction of sp³-hybridized carbons (Fsp3) is 0.696. The number of para-hydroxylation sites is 1. The second-order valence-corrected chi connectivity index (χ2v) is 8.35. The van der Waals surface area contributed by atoms with Crippen molar-refractivity contribution in [3.05, 3.63) is 23.8 Å². The first-order valence-electron chi connectivity index (χ1n) is 11.1. The summed E-state index contributed by atoms with van der Waals surface area (Å²) >= 11 is 0. The average molecular weight is 404 g/mol. The van der Waals surface area contributed by atoms with Gasteiger partial charge in [-0.15, -0.1) is 0 Å². The van der Waals surface area contributed by atoms with Crippen LogP contribution in [-0.2, 0) is 11.3 Å². The third-order valence-corrected chi connectivity index (χ3v) is 6.39. The molecule has 1 aromatic carbocycles. The van der Waals surface area contributed by atoms with E-state index in [0.29, 0.717) is 18.6 Å². The molecule has 0 bridgehead atoms. The van der Waals surface area contributed by atoms with E-state index in [4.69, 9.17) is 9.47 Å². The van der Waals surface area contributed by atoms with Gasteiger partial charge in [0.2, 0.25) is 5.91 Å². The van der Waals surface area contributed by atoms with Crippen molar-refractivity contribution in [3.8, 4) is 11.5 Å². The molecule has 2 fully saturated rings. The van der Waals surface area contributed by atoms with E-state index in [-0.39, 0.29) is 11.9 Å². The molecule has 1 saturated carbocycles. The first-order chi connectivity index (χ1) is 14.2. The number of hydrogen-bond acceptors (Lipinski definition) is 5. The van der Waals surface area contributed by atoms with Gasteiger partial charge in [-0.3, -0.25) is 9.69 Å². The SMILES string of the molecule is CNC(=O)[C@@H]1C[C@@H](NC2CCCCCCC2)CN1Cc1cccc(OC)c1OC. The predicted octanol–water partition coefficient (Wildman–Crippen LogP) is 3.10. The number of likely N-dealkylation sites (tertiary alicyclic amines) is 1. The lowest BCUT2D eigenvalue weighted by molar-refractivity contribution is -0.125. The van der Waals surface area contributed by atoms with Gasteiger partial charge in [0.1, 0.15) is 0 Å². The van der Waals surface area contributed by atoms with Crippen LogP contribution in [0.1, 0.15) is 56.9 Å². The maximum atomic E-state index is 12.6. The van der Waals surface area contributed by atoms with Crippen LogP contribution in [0.15, 0.2) is 18.2 Å². The minimum atomic E-state index is -0.123. The Balaban J connectivity index is 1.70. The van der Waals surface area contributed by atoms with Crippen molar-refractivity contribution >= 4 is 5.91 Å². The standard InChI is InChI=1S/C23H37N3O3/c1-24-23(27)20-14-19(25-18-11-7-5-4-6-8-12-18)16-26(20)15-17-10-9-13-21(28-2)22(17)29-3/h9-10,13,18-20,25H,4-8,11-12,14-16H2,1-3H3,(H,24,27)/t19-,20+/m1/s1. The van der Waals surface area contributed by atoms with Crippen LogP contribution >= 0.6 is 0 Å². The summed E-state index contributed by atoms with van der Waals surface area (Å²) in [5.74, 6) is 1.57. The third-order valence-electron chi connectivity index (χ3n) is 6.39. The molecule has 3 rings (SSSR count). The first-order valence-corrected chi connectivity index (χ1v) is 11.1. The molecule has 2 aliphatic rings. The Morgan fingerprint density at radius 1 is 1.07 bits per heavy atom. The topological polar surface area (TPSA) is 62.8 Å². The second kappa shape index (κ2) is 10.8. The number of methoxy groups -OCH3 is 2. The fourth-order valence-corrected chi connectivity index (χ4v) is 4.89. The first kappa shape index (κ1) is 21.9. The maximum Gasteiger partial charge on any atom is 0.237 e. The van der Waals surface area contributed by atoms with Crippen LogP contribution in [0, 0.1) is 0 Å². The summed E-state index contributed by atoms with van der Waals surface area (Å²) < 4.78 is 11.1. The Labute approximate surface area is 175 Å². The van der Waals surface area contributed by atoms with Gasteiger partial charge >= 0.3 is 0 Å². The van der Waals surface area contributed by atoms with Gasteiger partial charge in [-0.05, 0) is 25.3 Å². The van der Waals surface area contributed by atoms with Crippen LogP contribution in [-0.4, -0.2) is 56.7 Å². The molecule has 1 saturated heterocycles. The predicted molar refractivity (Wildman–Crippen MR) is 115 cm³/mol. The lowest BCUT2D eigenvalue weighted by atomic mass is 9.96. The molecular weight excluding hydrogens is 366 g/mol. The fourth-order valence-electron chi connectivity index (χ4n) is 4.89. The van der Waals surface area contributed by atoms with Gasteiger partial charge in [-0.1, -0.05) is 44.2 Å². The van der Waals surface area contributed by atoms with Crippen LogP contribution in [0.3, 0.4) is 0 Å². The number of carbonyl (C=O) groups excluding carboxylic acids is 1. The van der Waals surface area contributed by atoms with Crippen molar-refractivity contribution in [3.63, 3.8) is 0 Å². The highest BCUT2D eigenvalue weighted by Gasteiger charge is 2.37. The summed E-state index contributed by atoms with van der Waals surface area (Å²) in [5.41, 5.74) is 1.05. The lowest BCUT2D eigenvalue weighted by Crippen LogP contribution is -2.41. The Hall–Kier alpha value is -1.79. The summed E-state index contributed by atoms with van der Waals surface area (Å²) in [5, 5.41) is 6.74. The second-order valence-electron chi connectivity index (χ2n) is 8.35. The van der Waals surface area contributed by atoms with Gasteiger partial charge in [0.05, 0.1) is 20.3 Å². The molecule has 162 valence electrons. The van der Waals surface area contributed by atoms with Gasteiger partial charge in [0, 0.05) is 37.8 Å². The van der Waals surface area contributed by atoms with Crippen molar-refractivity contribution in [2.45, 2.75) is 76.0 Å². The zero-order valence-electron chi connectivity index (χ0n) is 18.2. The van der Waals surface area contributed by atoms with E-state index in [1.165, 1.54) is 44.9 Å². The number of hydrogen-bond donors (Lipinski definition) is 2. The van der Waals surface area contributed by atoms with E-state index in [0.717, 1.165) is 30.0 Å². The summed E-state index contributed by atoms with van der Waals surface area (Å²) in [6, 6.07) is 6.74. The zero-order chi connectivity index (χ0) is 20.6. The maximum absolute atomic E-state index is 12.6. The Morgan fingerprint density at radius 3 is 2.45 bits per heavy atom. The molecule has 1 amide bonds. The molecule has 0 unspecified atom stereocenters. The summed E-state index contributed by atoms with van der Waals surface area (Å²) in [6.45, 7) is 1.54. The van der Waals surface area contributed by atoms with Gasteiger partial charge in [0.15, 0.2) is 11.5 Å². The van der Waals surface area contributed by atoms with Gasteiger partial charge in [0.25, 0.3) is 0 Å². The van der Waals surface area contributed by atoms with Crippen LogP contribution in [0.25, 0.3) is 0 Å². The molecule has 6 nitrogen and oxygen atoms in total. The Morgan fingerprint density at radius 2 is 1.79 bits per heavy atom. The number of carbonyl (C=O) groups is 1. The number of likely N-dealkylation sites (N-methyl/N-ethyl adjacent to an activating group) is 1. The van der Waals surface area contributed by atoms with Gasteiger partial charge in [-0.25, -0.2) is 0 Å². The van der Waals surface area contributed by atoms with Crippen LogP contribution in [0.4, 0.5) is 0 Å². The molecule has 6 heteroatoms. The van der Waals surface area contributed by atoms with E-state index in [1.807, 2.05) is 12.1 Å². The molecule has 1 heterocycles. The molecule has 1 aliphatic heterocycles. The van der Waals surface area contributed by atoms with Gasteiger partial charge in [-0.2, -0.15) is 0 Å². The number of benzene rings is 1. The van der Waals surface area contributed by atoms with Crippen molar-refractivity contribution in [1.29, 1.82) is 0 Å². The lowest BCUT2D eigenvalue weighted by Gasteiger charge is -2.25. The minimum absolute atomic E-state index is 0.0915. The molecule has 0 radical (unpaired) electrons. The smallest absolute Gasteiger partial charge is 0.237 e. The molecular formula is C23H37N3O3. The highest BCUT2D eigenvalue weighted by Crippen LogP contribution is 2.33. The summed E-state index contributed by atoms with van der Waals surface area (Å²) in [4.78, 5) is 14.9. The van der Waals surface area contributed by atoms with Crippen molar-refractivity contribution in [2.75, 3.05) is 27.8 Å². The largest absolute Gasteiger partial charge is 0.493 e. The zero-order valence-corrected chi connectivity index (χ0v) is 18.2. The number of amides is 1. The molecule has 2 N–H and O–H groups in total. The van der Waals surface area contributed by atoms with Crippen molar-refractivity contribution < 1.29 is 14.3 Å². The van der Waals surface area contributed by atoms with Crippen molar-refractivity contribution in [2.24, 2.45) is 0 Å². The summed E-state index contributed by atoms with van der Waals surface area (Å²) in [6.07, 6.45) is 10.1. The molecule has 1 aromatic rings. The molecule has 0 aromatic heterocycles. The van der Waals surface area contributed by atoms with E-state index >= 15 is 0 Å². The summed E-state index contributed by atoms with van der Waals surface area (Å²) in [7, 11) is 5.04. The number of ether oxygens (including phenoxy) is 2. The van der Waals surface area contributed by atoms with E-state index in [9.17, 15) is 4.79 Å². The third kappa shape index (κ3) is 5.64. The van der Waals surface area contributed by atoms with E-state index < -0.39 is 0 Å². The number of nitrogens with one attached hydrogen (secondary N) is 2. The quantitative estimate of drug-likeness (QED) is 0.733. The molecule has 1 aliphatic carbocycles. The van der Waals surface area contributed by atoms with E-state index in [1.54, 1.807) is 21.3 Å². The number of nitrogens with zero attached hydrogens (tertiary/aromatic N) is 1. The minimum Gasteiger partial charge on any atom is -0.493 e. The Bertz CT molecular complexity index is 659. The number of rotatable bonds is 7. The highest BCUT2D eigenvalue weighted by molar-refractivity contribution is 5.81. The highest BCUT2D eigenvalue weighted by atomic mass is 16.5. The normalized spacial score (nSPS) is 24.0. The van der Waals surface area contributed by atoms with E-state index in [2.05, 4.69) is 21.6 Å². The van der Waals surface area contributed by atoms with Crippen LogP contribution < -0.4 is 20.1 Å². The Kier molecular flexibility index (Phi) is 8.19. The monoisotopic (exact) mass is 403 g/mol. The molecule has 2 atom stereocenters. The van der Waals surface area contributed by atoms with Crippen LogP contribution in [0.2, 0.25) is 0 Å². The molecule has 0 spiro atoms.